The minimum absolute atomic E-state index is 0.0345. The predicted molar refractivity (Wildman–Crippen MR) is 58.2 cm³/mol. The van der Waals surface area contributed by atoms with Crippen LogP contribution in [0.5, 0.6) is 0 Å². The van der Waals surface area contributed by atoms with Crippen molar-refractivity contribution in [3.05, 3.63) is 0 Å². The van der Waals surface area contributed by atoms with Crippen LogP contribution in [0.2, 0.25) is 0 Å². The highest BCUT2D eigenvalue weighted by Crippen LogP contribution is 2.26. The van der Waals surface area contributed by atoms with E-state index in [-0.39, 0.29) is 31.5 Å². The van der Waals surface area contributed by atoms with Crippen molar-refractivity contribution in [2.24, 2.45) is 11.1 Å². The lowest BCUT2D eigenvalue weighted by molar-refractivity contribution is -0.147. The number of rotatable bonds is 5. The molecule has 1 aliphatic rings. The lowest BCUT2D eigenvalue weighted by Crippen LogP contribution is -2.50. The first-order valence-electron chi connectivity index (χ1n) is 5.40. The van der Waals surface area contributed by atoms with Crippen LogP contribution in [0, 0.1) is 5.41 Å². The minimum atomic E-state index is -1.46. The maximum Gasteiger partial charge on any atom is 0.332 e. The number of carboxylic acid groups (broad SMARTS) is 1. The zero-order valence-electron chi connectivity index (χ0n) is 9.68. The molecule has 0 radical (unpaired) electrons. The van der Waals surface area contributed by atoms with E-state index >= 15 is 0 Å². The van der Waals surface area contributed by atoms with Gasteiger partial charge in [-0.25, -0.2) is 4.79 Å². The number of carbonyl (C=O) groups is 2. The molecule has 7 heteroatoms. The quantitative estimate of drug-likeness (QED) is 0.459. The van der Waals surface area contributed by atoms with Gasteiger partial charge < -0.3 is 26.0 Å². The number of hydrogen-bond acceptors (Lipinski definition) is 5. The Labute approximate surface area is 98.9 Å². The average Bonchev–Trinajstić information content (AvgIpc) is 2.60. The number of aliphatic hydroxyl groups excluding tert-OH is 1. The van der Waals surface area contributed by atoms with E-state index in [4.69, 9.17) is 20.7 Å². The third kappa shape index (κ3) is 3.15. The summed E-state index contributed by atoms with van der Waals surface area (Å²) in [6, 6.07) is -0.369. The van der Waals surface area contributed by atoms with Gasteiger partial charge in [0, 0.05) is 19.0 Å². The van der Waals surface area contributed by atoms with E-state index in [9.17, 15) is 9.59 Å². The molecule has 0 aromatic rings. The fraction of sp³-hybridized carbons (Fsp3) is 0.800. The molecule has 0 spiro atoms. The van der Waals surface area contributed by atoms with Gasteiger partial charge in [0.25, 0.3) is 0 Å². The zero-order chi connectivity index (χ0) is 13.1. The summed E-state index contributed by atoms with van der Waals surface area (Å²) in [4.78, 5) is 22.2. The molecule has 1 aliphatic heterocycles. The largest absolute Gasteiger partial charge is 0.479 e. The van der Waals surface area contributed by atoms with Gasteiger partial charge in [0.15, 0.2) is 6.10 Å². The molecule has 7 nitrogen and oxygen atoms in total. The Morgan fingerprint density at radius 2 is 2.29 bits per heavy atom. The lowest BCUT2D eigenvalue weighted by Gasteiger charge is -2.25. The molecule has 1 rings (SSSR count). The van der Waals surface area contributed by atoms with Crippen molar-refractivity contribution in [1.29, 1.82) is 0 Å². The van der Waals surface area contributed by atoms with Gasteiger partial charge >= 0.3 is 5.97 Å². The van der Waals surface area contributed by atoms with E-state index in [1.807, 2.05) is 0 Å². The topological polar surface area (TPSA) is 122 Å². The molecule has 3 atom stereocenters. The molecule has 1 amide bonds. The van der Waals surface area contributed by atoms with Crippen LogP contribution in [0.1, 0.15) is 13.3 Å². The number of aliphatic carboxylic acids is 1. The smallest absolute Gasteiger partial charge is 0.332 e. The Morgan fingerprint density at radius 1 is 1.65 bits per heavy atom. The van der Waals surface area contributed by atoms with Gasteiger partial charge in [-0.3, -0.25) is 4.79 Å². The molecule has 1 saturated heterocycles. The number of nitrogens with one attached hydrogen (secondary N) is 1. The number of nitrogens with two attached hydrogens (primary N) is 1. The van der Waals surface area contributed by atoms with Crippen LogP contribution >= 0.6 is 0 Å². The first-order valence-corrected chi connectivity index (χ1v) is 5.40. The molecule has 5 N–H and O–H groups in total. The second-order valence-corrected chi connectivity index (χ2v) is 4.44. The van der Waals surface area contributed by atoms with E-state index < -0.39 is 17.5 Å². The second-order valence-electron chi connectivity index (χ2n) is 4.44. The van der Waals surface area contributed by atoms with Gasteiger partial charge in [-0.2, -0.15) is 0 Å². The first-order chi connectivity index (χ1) is 7.88. The van der Waals surface area contributed by atoms with Crippen molar-refractivity contribution >= 4 is 11.9 Å². The normalized spacial score (nSPS) is 29.9. The SMILES string of the molecule is CC1(C(=O)NCCC(O)C(=O)O)COCC1N. The highest BCUT2D eigenvalue weighted by molar-refractivity contribution is 5.83. The second kappa shape index (κ2) is 5.44. The predicted octanol–water partition coefficient (Wildman–Crippen LogP) is -1.70. The monoisotopic (exact) mass is 246 g/mol. The van der Waals surface area contributed by atoms with Crippen LogP contribution in [0.3, 0.4) is 0 Å². The van der Waals surface area contributed by atoms with Crippen molar-refractivity contribution in [2.75, 3.05) is 19.8 Å². The summed E-state index contributed by atoms with van der Waals surface area (Å²) in [5.74, 6) is -1.58. The van der Waals surface area contributed by atoms with Crippen molar-refractivity contribution in [3.63, 3.8) is 0 Å². The molecule has 0 aliphatic carbocycles. The van der Waals surface area contributed by atoms with E-state index in [0.29, 0.717) is 6.61 Å². The maximum atomic E-state index is 11.8. The molecule has 0 aromatic heterocycles. The minimum Gasteiger partial charge on any atom is -0.479 e. The van der Waals surface area contributed by atoms with E-state index in [1.165, 1.54) is 0 Å². The van der Waals surface area contributed by atoms with Crippen LogP contribution in [-0.4, -0.2) is 54.0 Å². The average molecular weight is 246 g/mol. The Morgan fingerprint density at radius 3 is 2.76 bits per heavy atom. The number of carboxylic acids is 1. The van der Waals surface area contributed by atoms with E-state index in [2.05, 4.69) is 5.32 Å². The van der Waals surface area contributed by atoms with Gasteiger partial charge in [0.05, 0.1) is 18.6 Å². The van der Waals surface area contributed by atoms with Crippen molar-refractivity contribution in [2.45, 2.75) is 25.5 Å². The molecule has 17 heavy (non-hydrogen) atoms. The Balaban J connectivity index is 2.37. The van der Waals surface area contributed by atoms with Crippen molar-refractivity contribution in [3.8, 4) is 0 Å². The third-order valence-electron chi connectivity index (χ3n) is 3.02. The Kier molecular flexibility index (Phi) is 4.44. The van der Waals surface area contributed by atoms with Gasteiger partial charge in [0.1, 0.15) is 0 Å². The first kappa shape index (κ1) is 13.9. The molecule has 0 bridgehead atoms. The molecule has 0 aromatic carbocycles. The zero-order valence-corrected chi connectivity index (χ0v) is 9.68. The maximum absolute atomic E-state index is 11.8. The van der Waals surface area contributed by atoms with Crippen LogP contribution in [0.25, 0.3) is 0 Å². The molecule has 1 heterocycles. The summed E-state index contributed by atoms with van der Waals surface area (Å²) in [5.41, 5.74) is 4.98. The van der Waals surface area contributed by atoms with Crippen molar-refractivity contribution in [1.82, 2.24) is 5.32 Å². The van der Waals surface area contributed by atoms with Crippen LogP contribution in [-0.2, 0) is 14.3 Å². The number of ether oxygens (including phenoxy) is 1. The fourth-order valence-corrected chi connectivity index (χ4v) is 1.57. The van der Waals surface area contributed by atoms with Gasteiger partial charge in [0.2, 0.25) is 5.91 Å². The summed E-state index contributed by atoms with van der Waals surface area (Å²) < 4.78 is 5.13. The number of amides is 1. The van der Waals surface area contributed by atoms with Crippen molar-refractivity contribution < 1.29 is 24.5 Å². The standard InChI is InChI=1S/C10H18N2O5/c1-10(5-17-4-7(10)11)9(16)12-3-2-6(13)8(14)15/h6-7,13H,2-5,11H2,1H3,(H,12,16)(H,14,15). The highest BCUT2D eigenvalue weighted by atomic mass is 16.5. The molecule has 98 valence electrons. The lowest BCUT2D eigenvalue weighted by atomic mass is 9.85. The number of aliphatic hydroxyl groups is 1. The summed E-state index contributed by atoms with van der Waals surface area (Å²) >= 11 is 0. The summed E-state index contributed by atoms with van der Waals surface area (Å²) in [6.07, 6.45) is -1.50. The molecule has 3 unspecified atom stereocenters. The number of hydrogen-bond donors (Lipinski definition) is 4. The van der Waals surface area contributed by atoms with E-state index in [0.717, 1.165) is 0 Å². The summed E-state index contributed by atoms with van der Waals surface area (Å²) in [6.45, 7) is 2.38. The number of carbonyl (C=O) groups excluding carboxylic acids is 1. The Bertz CT molecular complexity index is 309. The van der Waals surface area contributed by atoms with E-state index in [1.54, 1.807) is 6.92 Å². The van der Waals surface area contributed by atoms with Gasteiger partial charge in [-0.05, 0) is 6.92 Å². The van der Waals surface area contributed by atoms with Gasteiger partial charge in [-0.15, -0.1) is 0 Å². The Hall–Kier alpha value is -1.18. The summed E-state index contributed by atoms with van der Waals surface area (Å²) in [7, 11) is 0. The molecular formula is C10H18N2O5. The molecule has 1 fully saturated rings. The summed E-state index contributed by atoms with van der Waals surface area (Å²) in [5, 5.41) is 20.0. The third-order valence-corrected chi connectivity index (χ3v) is 3.02. The highest BCUT2D eigenvalue weighted by Gasteiger charge is 2.44. The fourth-order valence-electron chi connectivity index (χ4n) is 1.57. The molecule has 0 saturated carbocycles. The van der Waals surface area contributed by atoms with Crippen LogP contribution < -0.4 is 11.1 Å². The van der Waals surface area contributed by atoms with Crippen LogP contribution in [0.15, 0.2) is 0 Å². The van der Waals surface area contributed by atoms with Crippen LogP contribution in [0.4, 0.5) is 0 Å². The van der Waals surface area contributed by atoms with Gasteiger partial charge in [-0.1, -0.05) is 0 Å². The molecular weight excluding hydrogens is 228 g/mol.